The van der Waals surface area contributed by atoms with Crippen LogP contribution in [0.2, 0.25) is 0 Å². The van der Waals surface area contributed by atoms with Crippen molar-refractivity contribution < 1.29 is 12.8 Å². The second kappa shape index (κ2) is 5.42. The van der Waals surface area contributed by atoms with Gasteiger partial charge in [0.2, 0.25) is 10.0 Å². The smallest absolute Gasteiger partial charge is 0.218 e. The van der Waals surface area contributed by atoms with E-state index >= 15 is 0 Å². The topological polar surface area (TPSA) is 50.5 Å². The van der Waals surface area contributed by atoms with E-state index in [1.165, 1.54) is 0 Å². The van der Waals surface area contributed by atoms with Crippen molar-refractivity contribution in [2.75, 3.05) is 13.1 Å². The molecule has 0 N–H and O–H groups in total. The zero-order chi connectivity index (χ0) is 14.0. The lowest BCUT2D eigenvalue weighted by atomic mass is 10.1. The van der Waals surface area contributed by atoms with Gasteiger partial charge in [-0.3, -0.25) is 0 Å². The van der Waals surface area contributed by atoms with Gasteiger partial charge >= 0.3 is 0 Å². The quantitative estimate of drug-likeness (QED) is 0.870. The Bertz CT molecular complexity index is 650. The van der Waals surface area contributed by atoms with Gasteiger partial charge in [-0.2, -0.15) is 0 Å². The third kappa shape index (κ3) is 2.78. The molecule has 0 aliphatic carbocycles. The summed E-state index contributed by atoms with van der Waals surface area (Å²) < 4.78 is 31.8. The highest BCUT2D eigenvalue weighted by atomic mass is 32.2. The molecule has 3 rings (SSSR count). The SMILES string of the molecule is O=S(=O)(Cc1ccccc1)N1CCC(c2ccco2)C1. The number of sulfonamides is 1. The van der Waals surface area contributed by atoms with Crippen molar-refractivity contribution in [3.63, 3.8) is 0 Å². The molecule has 5 heteroatoms. The van der Waals surface area contributed by atoms with Crippen LogP contribution in [0, 0.1) is 0 Å². The summed E-state index contributed by atoms with van der Waals surface area (Å²) in [6.07, 6.45) is 2.46. The third-order valence-electron chi connectivity index (χ3n) is 3.68. The fraction of sp³-hybridized carbons (Fsp3) is 0.333. The molecule has 0 radical (unpaired) electrons. The summed E-state index contributed by atoms with van der Waals surface area (Å²) in [4.78, 5) is 0. The highest BCUT2D eigenvalue weighted by molar-refractivity contribution is 7.88. The van der Waals surface area contributed by atoms with Crippen molar-refractivity contribution in [2.24, 2.45) is 0 Å². The lowest BCUT2D eigenvalue weighted by Gasteiger charge is -2.16. The second-order valence-corrected chi connectivity index (χ2v) is 7.07. The maximum atomic E-state index is 12.4. The number of furan rings is 1. The van der Waals surface area contributed by atoms with Gasteiger partial charge in [0, 0.05) is 19.0 Å². The lowest BCUT2D eigenvalue weighted by Crippen LogP contribution is -2.29. The van der Waals surface area contributed by atoms with Crippen LogP contribution in [0.4, 0.5) is 0 Å². The molecule has 1 unspecified atom stereocenters. The average Bonchev–Trinajstić information content (AvgIpc) is 3.11. The summed E-state index contributed by atoms with van der Waals surface area (Å²) in [6, 6.07) is 13.1. The number of hydrogen-bond acceptors (Lipinski definition) is 3. The lowest BCUT2D eigenvalue weighted by molar-refractivity contribution is 0.444. The van der Waals surface area contributed by atoms with Crippen LogP contribution in [0.1, 0.15) is 23.7 Å². The Hall–Kier alpha value is -1.59. The Labute approximate surface area is 119 Å². The van der Waals surface area contributed by atoms with Crippen LogP contribution >= 0.6 is 0 Å². The second-order valence-electron chi connectivity index (χ2n) is 5.10. The van der Waals surface area contributed by atoms with E-state index in [0.29, 0.717) is 13.1 Å². The minimum absolute atomic E-state index is 0.0682. The summed E-state index contributed by atoms with van der Waals surface area (Å²) in [7, 11) is -3.25. The summed E-state index contributed by atoms with van der Waals surface area (Å²) in [5.41, 5.74) is 0.828. The molecule has 2 aromatic rings. The molecule has 1 aromatic carbocycles. The Morgan fingerprint density at radius 2 is 1.95 bits per heavy atom. The number of benzene rings is 1. The molecule has 0 amide bonds. The highest BCUT2D eigenvalue weighted by Crippen LogP contribution is 2.29. The van der Waals surface area contributed by atoms with E-state index < -0.39 is 10.0 Å². The maximum absolute atomic E-state index is 12.4. The summed E-state index contributed by atoms with van der Waals surface area (Å²) in [6.45, 7) is 1.09. The van der Waals surface area contributed by atoms with Crippen LogP contribution in [0.25, 0.3) is 0 Å². The molecule has 0 spiro atoms. The van der Waals surface area contributed by atoms with Gasteiger partial charge in [-0.25, -0.2) is 12.7 Å². The minimum Gasteiger partial charge on any atom is -0.469 e. The molecule has 0 bridgehead atoms. The zero-order valence-corrected chi connectivity index (χ0v) is 11.9. The molecular weight excluding hydrogens is 274 g/mol. The van der Waals surface area contributed by atoms with Crippen LogP contribution in [-0.2, 0) is 15.8 Å². The van der Waals surface area contributed by atoms with Crippen molar-refractivity contribution in [3.05, 3.63) is 60.1 Å². The van der Waals surface area contributed by atoms with E-state index in [4.69, 9.17) is 4.42 Å². The molecule has 4 nitrogen and oxygen atoms in total. The van der Waals surface area contributed by atoms with Gasteiger partial charge in [0.05, 0.1) is 12.0 Å². The van der Waals surface area contributed by atoms with Gasteiger partial charge < -0.3 is 4.42 Å². The molecule has 1 aliphatic rings. The normalized spacial score (nSPS) is 20.3. The van der Waals surface area contributed by atoms with E-state index in [1.807, 2.05) is 42.5 Å². The number of rotatable bonds is 4. The van der Waals surface area contributed by atoms with Gasteiger partial charge in [-0.05, 0) is 24.1 Å². The van der Waals surface area contributed by atoms with Crippen molar-refractivity contribution in [2.45, 2.75) is 18.1 Å². The summed E-state index contributed by atoms with van der Waals surface area (Å²) >= 11 is 0. The van der Waals surface area contributed by atoms with E-state index in [0.717, 1.165) is 17.7 Å². The first-order chi connectivity index (χ1) is 9.65. The van der Waals surface area contributed by atoms with Crippen molar-refractivity contribution in [3.8, 4) is 0 Å². The molecule has 2 heterocycles. The first kappa shape index (κ1) is 13.4. The molecular formula is C15H17NO3S. The Morgan fingerprint density at radius 1 is 1.15 bits per heavy atom. The van der Waals surface area contributed by atoms with Gasteiger partial charge in [0.15, 0.2) is 0 Å². The van der Waals surface area contributed by atoms with Crippen molar-refractivity contribution >= 4 is 10.0 Å². The maximum Gasteiger partial charge on any atom is 0.218 e. The van der Waals surface area contributed by atoms with Gasteiger partial charge in [0.25, 0.3) is 0 Å². The van der Waals surface area contributed by atoms with Crippen LogP contribution in [-0.4, -0.2) is 25.8 Å². The first-order valence-electron chi connectivity index (χ1n) is 6.70. The highest BCUT2D eigenvalue weighted by Gasteiger charge is 2.33. The molecule has 1 aliphatic heterocycles. The van der Waals surface area contributed by atoms with Crippen LogP contribution in [0.5, 0.6) is 0 Å². The van der Waals surface area contributed by atoms with Crippen LogP contribution in [0.3, 0.4) is 0 Å². The monoisotopic (exact) mass is 291 g/mol. The molecule has 20 heavy (non-hydrogen) atoms. The predicted octanol–water partition coefficient (Wildman–Crippen LogP) is 2.60. The molecule has 1 atom stereocenters. The van der Waals surface area contributed by atoms with Crippen molar-refractivity contribution in [1.82, 2.24) is 4.31 Å². The van der Waals surface area contributed by atoms with E-state index in [2.05, 4.69) is 0 Å². The molecule has 1 aromatic heterocycles. The van der Waals surface area contributed by atoms with Gasteiger partial charge in [-0.15, -0.1) is 0 Å². The fourth-order valence-corrected chi connectivity index (χ4v) is 4.20. The molecule has 1 fully saturated rings. The summed E-state index contributed by atoms with van der Waals surface area (Å²) in [5.74, 6) is 1.12. The Morgan fingerprint density at radius 3 is 2.65 bits per heavy atom. The standard InChI is InChI=1S/C15H17NO3S/c17-20(18,12-13-5-2-1-3-6-13)16-9-8-14(11-16)15-7-4-10-19-15/h1-7,10,14H,8-9,11-12H2. The van der Waals surface area contributed by atoms with Crippen LogP contribution < -0.4 is 0 Å². The predicted molar refractivity (Wildman–Crippen MR) is 76.7 cm³/mol. The molecule has 1 saturated heterocycles. The van der Waals surface area contributed by atoms with Gasteiger partial charge in [-0.1, -0.05) is 30.3 Å². The first-order valence-corrected chi connectivity index (χ1v) is 8.31. The van der Waals surface area contributed by atoms with Gasteiger partial charge in [0.1, 0.15) is 5.76 Å². The Balaban J connectivity index is 1.70. The van der Waals surface area contributed by atoms with E-state index in [-0.39, 0.29) is 11.7 Å². The van der Waals surface area contributed by atoms with E-state index in [1.54, 1.807) is 10.6 Å². The third-order valence-corrected chi connectivity index (χ3v) is 5.50. The minimum atomic E-state index is -3.25. The van der Waals surface area contributed by atoms with Crippen LogP contribution in [0.15, 0.2) is 53.1 Å². The van der Waals surface area contributed by atoms with Crippen molar-refractivity contribution in [1.29, 1.82) is 0 Å². The molecule has 0 saturated carbocycles. The zero-order valence-electron chi connectivity index (χ0n) is 11.1. The molecule has 106 valence electrons. The number of nitrogens with zero attached hydrogens (tertiary/aromatic N) is 1. The number of hydrogen-bond donors (Lipinski definition) is 0. The summed E-state index contributed by atoms with van der Waals surface area (Å²) in [5, 5.41) is 0. The average molecular weight is 291 g/mol. The fourth-order valence-electron chi connectivity index (χ4n) is 2.61. The largest absolute Gasteiger partial charge is 0.469 e. The van der Waals surface area contributed by atoms with E-state index in [9.17, 15) is 8.42 Å². The Kier molecular flexibility index (Phi) is 3.63.